The molecule has 0 aromatic heterocycles. The third-order valence-corrected chi connectivity index (χ3v) is 4.74. The van der Waals surface area contributed by atoms with Crippen LogP contribution in [0.15, 0.2) is 36.4 Å². The maximum atomic E-state index is 13.5. The van der Waals surface area contributed by atoms with Crippen LogP contribution in [0, 0.1) is 15.9 Å². The van der Waals surface area contributed by atoms with E-state index in [0.717, 1.165) is 0 Å². The quantitative estimate of drug-likeness (QED) is 0.298. The van der Waals surface area contributed by atoms with E-state index in [-0.39, 0.29) is 17.1 Å². The summed E-state index contributed by atoms with van der Waals surface area (Å²) in [5.74, 6) is -1.59. The Morgan fingerprint density at radius 2 is 1.86 bits per heavy atom. The maximum absolute atomic E-state index is 13.5. The number of hydrogen-bond donors (Lipinski definition) is 3. The van der Waals surface area contributed by atoms with Crippen LogP contribution in [0.3, 0.4) is 0 Å². The predicted molar refractivity (Wildman–Crippen MR) is 103 cm³/mol. The number of ether oxygens (including phenoxy) is 1. The molecule has 0 saturated carbocycles. The molecule has 0 fully saturated rings. The number of hydrogen-bond acceptors (Lipinski definition) is 8. The molecule has 28 heavy (non-hydrogen) atoms. The van der Waals surface area contributed by atoms with E-state index >= 15 is 0 Å². The Balaban J connectivity index is 2.30. The SMILES string of the molecule is CNc1cc2c(cc1[N+](=O)[O-])OC(NC)(NC)C(C=O)N2c1ccc(F)cc1. The topological polar surface area (TPSA) is 109 Å². The summed E-state index contributed by atoms with van der Waals surface area (Å²) in [4.78, 5) is 24.6. The third-order valence-electron chi connectivity index (χ3n) is 4.74. The average molecular weight is 389 g/mol. The molecule has 1 heterocycles. The molecule has 2 aromatic rings. The molecule has 0 radical (unpaired) electrons. The van der Waals surface area contributed by atoms with Crippen molar-refractivity contribution in [2.45, 2.75) is 11.9 Å². The zero-order chi connectivity index (χ0) is 20.5. The molecule has 3 N–H and O–H groups in total. The molecule has 9 nitrogen and oxygen atoms in total. The fourth-order valence-corrected chi connectivity index (χ4v) is 3.33. The van der Waals surface area contributed by atoms with Gasteiger partial charge in [-0.15, -0.1) is 0 Å². The van der Waals surface area contributed by atoms with Crippen molar-refractivity contribution in [1.29, 1.82) is 0 Å². The highest BCUT2D eigenvalue weighted by Gasteiger charge is 2.48. The van der Waals surface area contributed by atoms with Crippen molar-refractivity contribution >= 4 is 29.0 Å². The normalized spacial score (nSPS) is 17.4. The molecule has 0 aliphatic carbocycles. The Kier molecular flexibility index (Phi) is 5.16. The highest BCUT2D eigenvalue weighted by Crippen LogP contribution is 2.47. The van der Waals surface area contributed by atoms with Crippen molar-refractivity contribution in [3.8, 4) is 5.75 Å². The summed E-state index contributed by atoms with van der Waals surface area (Å²) in [5, 5.41) is 20.1. The maximum Gasteiger partial charge on any atom is 0.296 e. The molecule has 0 saturated heterocycles. The number of halogens is 1. The van der Waals surface area contributed by atoms with Crippen LogP contribution in [0.1, 0.15) is 0 Å². The summed E-state index contributed by atoms with van der Waals surface area (Å²) >= 11 is 0. The minimum atomic E-state index is -1.36. The van der Waals surface area contributed by atoms with Crippen LogP contribution in [0.2, 0.25) is 0 Å². The van der Waals surface area contributed by atoms with Crippen molar-refractivity contribution in [3.05, 3.63) is 52.3 Å². The Hall–Kier alpha value is -3.24. The molecular weight excluding hydrogens is 369 g/mol. The third kappa shape index (κ3) is 3.02. The zero-order valence-corrected chi connectivity index (χ0v) is 15.5. The van der Waals surface area contributed by atoms with Crippen LogP contribution in [0.5, 0.6) is 5.75 Å². The monoisotopic (exact) mass is 389 g/mol. The van der Waals surface area contributed by atoms with Gasteiger partial charge in [0, 0.05) is 12.7 Å². The number of benzene rings is 2. The molecule has 1 unspecified atom stereocenters. The van der Waals surface area contributed by atoms with Crippen molar-refractivity contribution in [1.82, 2.24) is 10.6 Å². The van der Waals surface area contributed by atoms with Gasteiger partial charge in [-0.3, -0.25) is 20.7 Å². The predicted octanol–water partition coefficient (Wildman–Crippen LogP) is 1.97. The van der Waals surface area contributed by atoms with Gasteiger partial charge in [0.2, 0.25) is 5.85 Å². The number of nitro groups is 1. The van der Waals surface area contributed by atoms with Gasteiger partial charge in [-0.2, -0.15) is 0 Å². The number of aldehydes is 1. The summed E-state index contributed by atoms with van der Waals surface area (Å²) in [7, 11) is 4.75. The van der Waals surface area contributed by atoms with Crippen molar-refractivity contribution < 1.29 is 18.8 Å². The van der Waals surface area contributed by atoms with Gasteiger partial charge >= 0.3 is 0 Å². The van der Waals surface area contributed by atoms with E-state index in [1.165, 1.54) is 36.4 Å². The van der Waals surface area contributed by atoms with E-state index in [9.17, 15) is 19.3 Å². The second-order valence-corrected chi connectivity index (χ2v) is 6.11. The van der Waals surface area contributed by atoms with Gasteiger partial charge in [0.25, 0.3) is 5.69 Å². The largest absolute Gasteiger partial charge is 0.454 e. The summed E-state index contributed by atoms with van der Waals surface area (Å²) in [5.41, 5.74) is 1.03. The van der Waals surface area contributed by atoms with Gasteiger partial charge in [0.1, 0.15) is 17.8 Å². The van der Waals surface area contributed by atoms with Gasteiger partial charge in [0.15, 0.2) is 11.8 Å². The minimum absolute atomic E-state index is 0.175. The lowest BCUT2D eigenvalue weighted by atomic mass is 10.0. The van der Waals surface area contributed by atoms with Gasteiger partial charge in [-0.1, -0.05) is 0 Å². The number of nitrogens with one attached hydrogen (secondary N) is 3. The zero-order valence-electron chi connectivity index (χ0n) is 15.5. The number of nitro benzene ring substituents is 1. The number of fused-ring (bicyclic) bond motifs is 1. The van der Waals surface area contributed by atoms with Crippen LogP contribution in [-0.2, 0) is 4.79 Å². The average Bonchev–Trinajstić information content (AvgIpc) is 2.71. The first-order valence-electron chi connectivity index (χ1n) is 8.48. The molecule has 0 bridgehead atoms. The molecule has 0 amide bonds. The number of nitrogens with zero attached hydrogens (tertiary/aromatic N) is 2. The molecule has 1 atom stereocenters. The molecule has 10 heteroatoms. The number of rotatable bonds is 6. The van der Waals surface area contributed by atoms with E-state index < -0.39 is 22.6 Å². The lowest BCUT2D eigenvalue weighted by molar-refractivity contribution is -0.384. The summed E-state index contributed by atoms with van der Waals surface area (Å²) in [6.45, 7) is 0. The van der Waals surface area contributed by atoms with Crippen LogP contribution in [-0.4, -0.2) is 44.2 Å². The Labute approximate surface area is 160 Å². The summed E-state index contributed by atoms with van der Waals surface area (Å²) < 4.78 is 19.4. The standard InChI is InChI=1S/C18H20FN5O4/c1-20-13-8-15-16(9-14(13)24(26)27)28-18(21-2,22-3)17(10-25)23(15)12-6-4-11(19)5-7-12/h4-10,17,20-22H,1-3H3. The first-order chi connectivity index (χ1) is 13.4. The van der Waals surface area contributed by atoms with E-state index in [1.807, 2.05) is 0 Å². The van der Waals surface area contributed by atoms with Gasteiger partial charge in [-0.25, -0.2) is 4.39 Å². The Morgan fingerprint density at radius 3 is 2.36 bits per heavy atom. The Morgan fingerprint density at radius 1 is 1.21 bits per heavy atom. The number of anilines is 3. The molecule has 0 spiro atoms. The number of carbonyl (C=O) groups is 1. The van der Waals surface area contributed by atoms with Crippen molar-refractivity contribution in [3.63, 3.8) is 0 Å². The Bertz CT molecular complexity index is 902. The number of carbonyl (C=O) groups excluding carboxylic acids is 1. The molecule has 3 rings (SSSR count). The van der Waals surface area contributed by atoms with Crippen molar-refractivity contribution in [2.75, 3.05) is 31.4 Å². The second-order valence-electron chi connectivity index (χ2n) is 6.11. The fraction of sp³-hybridized carbons (Fsp3) is 0.278. The van der Waals surface area contributed by atoms with E-state index in [4.69, 9.17) is 4.74 Å². The second kappa shape index (κ2) is 7.41. The molecule has 148 valence electrons. The smallest absolute Gasteiger partial charge is 0.296 e. The summed E-state index contributed by atoms with van der Waals surface area (Å²) in [6.07, 6.45) is 0.694. The van der Waals surface area contributed by atoms with Crippen LogP contribution >= 0.6 is 0 Å². The van der Waals surface area contributed by atoms with Crippen LogP contribution in [0.25, 0.3) is 0 Å². The van der Waals surface area contributed by atoms with Gasteiger partial charge in [0.05, 0.1) is 16.7 Å². The van der Waals surface area contributed by atoms with Crippen LogP contribution in [0.4, 0.5) is 27.1 Å². The van der Waals surface area contributed by atoms with Crippen molar-refractivity contribution in [2.24, 2.45) is 0 Å². The minimum Gasteiger partial charge on any atom is -0.454 e. The van der Waals surface area contributed by atoms with Crippen LogP contribution < -0.4 is 25.6 Å². The first kappa shape index (κ1) is 19.5. The molecule has 1 aliphatic rings. The number of likely N-dealkylation sites (N-methyl/N-ethyl adjacent to an activating group) is 2. The van der Waals surface area contributed by atoms with E-state index in [0.29, 0.717) is 17.7 Å². The molecular formula is C18H20FN5O4. The lowest BCUT2D eigenvalue weighted by Gasteiger charge is -2.48. The highest BCUT2D eigenvalue weighted by atomic mass is 19.1. The van der Waals surface area contributed by atoms with Gasteiger partial charge in [-0.05, 0) is 44.4 Å². The molecule has 1 aliphatic heterocycles. The fourth-order valence-electron chi connectivity index (χ4n) is 3.33. The first-order valence-corrected chi connectivity index (χ1v) is 8.48. The lowest BCUT2D eigenvalue weighted by Crippen LogP contribution is -2.72. The van der Waals surface area contributed by atoms with Gasteiger partial charge < -0.3 is 19.7 Å². The highest BCUT2D eigenvalue weighted by molar-refractivity contribution is 5.85. The van der Waals surface area contributed by atoms with E-state index in [2.05, 4.69) is 16.0 Å². The van der Waals surface area contributed by atoms with E-state index in [1.54, 1.807) is 26.0 Å². The molecule has 2 aromatic carbocycles. The summed E-state index contributed by atoms with van der Waals surface area (Å²) in [6, 6.07) is 7.53.